The van der Waals surface area contributed by atoms with Gasteiger partial charge in [-0.1, -0.05) is 23.7 Å². The SMILES string of the molecule is CCN(c1ccccc1F)c1ncc(CO)cc1Cl. The Morgan fingerprint density at radius 3 is 2.68 bits per heavy atom. The first kappa shape index (κ1) is 13.8. The van der Waals surface area contributed by atoms with Crippen molar-refractivity contribution in [1.82, 2.24) is 4.98 Å². The molecule has 2 aromatic rings. The van der Waals surface area contributed by atoms with Gasteiger partial charge in [-0.3, -0.25) is 0 Å². The number of rotatable bonds is 4. The van der Waals surface area contributed by atoms with Crippen LogP contribution in [0.4, 0.5) is 15.9 Å². The van der Waals surface area contributed by atoms with Gasteiger partial charge in [-0.25, -0.2) is 9.37 Å². The van der Waals surface area contributed by atoms with Crippen LogP contribution in [0.2, 0.25) is 5.02 Å². The van der Waals surface area contributed by atoms with Crippen molar-refractivity contribution in [2.24, 2.45) is 0 Å². The number of benzene rings is 1. The molecule has 0 saturated heterocycles. The number of nitrogens with zero attached hydrogens (tertiary/aromatic N) is 2. The molecule has 1 aromatic heterocycles. The van der Waals surface area contributed by atoms with E-state index in [9.17, 15) is 4.39 Å². The predicted molar refractivity (Wildman–Crippen MR) is 74.2 cm³/mol. The molecule has 0 unspecified atom stereocenters. The highest BCUT2D eigenvalue weighted by Crippen LogP contribution is 2.31. The molecule has 0 radical (unpaired) electrons. The highest BCUT2D eigenvalue weighted by molar-refractivity contribution is 6.33. The fraction of sp³-hybridized carbons (Fsp3) is 0.214. The maximum atomic E-state index is 13.8. The number of aliphatic hydroxyl groups excluding tert-OH is 1. The fourth-order valence-corrected chi connectivity index (χ4v) is 2.15. The van der Waals surface area contributed by atoms with Gasteiger partial charge in [-0.2, -0.15) is 0 Å². The van der Waals surface area contributed by atoms with Crippen molar-refractivity contribution in [2.45, 2.75) is 13.5 Å². The van der Waals surface area contributed by atoms with Crippen LogP contribution >= 0.6 is 11.6 Å². The maximum absolute atomic E-state index is 13.8. The van der Waals surface area contributed by atoms with E-state index in [0.29, 0.717) is 28.6 Å². The molecule has 0 aliphatic rings. The Bertz CT molecular complexity index is 577. The summed E-state index contributed by atoms with van der Waals surface area (Å²) in [6.07, 6.45) is 1.53. The highest BCUT2D eigenvalue weighted by atomic mass is 35.5. The molecule has 0 bridgehead atoms. The molecule has 0 spiro atoms. The van der Waals surface area contributed by atoms with Gasteiger partial charge in [0, 0.05) is 12.7 Å². The number of hydrogen-bond donors (Lipinski definition) is 1. The Hall–Kier alpha value is -1.65. The molecule has 100 valence electrons. The summed E-state index contributed by atoms with van der Waals surface area (Å²) in [5.41, 5.74) is 1.05. The summed E-state index contributed by atoms with van der Waals surface area (Å²) < 4.78 is 13.8. The summed E-state index contributed by atoms with van der Waals surface area (Å²) >= 11 is 6.15. The third-order valence-corrected chi connectivity index (χ3v) is 3.05. The molecule has 0 saturated carbocycles. The summed E-state index contributed by atoms with van der Waals surface area (Å²) in [5, 5.41) is 9.42. The van der Waals surface area contributed by atoms with Gasteiger partial charge in [-0.15, -0.1) is 0 Å². The van der Waals surface area contributed by atoms with Crippen molar-refractivity contribution in [2.75, 3.05) is 11.4 Å². The van der Waals surface area contributed by atoms with E-state index in [1.54, 1.807) is 29.2 Å². The molecule has 0 atom stereocenters. The average Bonchev–Trinajstić information content (AvgIpc) is 2.43. The van der Waals surface area contributed by atoms with Crippen LogP contribution in [-0.2, 0) is 6.61 Å². The van der Waals surface area contributed by atoms with E-state index in [4.69, 9.17) is 16.7 Å². The topological polar surface area (TPSA) is 36.4 Å². The Labute approximate surface area is 116 Å². The Balaban J connectivity index is 2.46. The van der Waals surface area contributed by atoms with Crippen molar-refractivity contribution in [3.63, 3.8) is 0 Å². The quantitative estimate of drug-likeness (QED) is 0.931. The minimum Gasteiger partial charge on any atom is -0.392 e. The molecular weight excluding hydrogens is 267 g/mol. The Kier molecular flexibility index (Phi) is 4.35. The molecule has 1 N–H and O–H groups in total. The zero-order valence-electron chi connectivity index (χ0n) is 10.5. The van der Waals surface area contributed by atoms with Gasteiger partial charge in [0.25, 0.3) is 0 Å². The van der Waals surface area contributed by atoms with E-state index in [2.05, 4.69) is 4.98 Å². The number of para-hydroxylation sites is 1. The van der Waals surface area contributed by atoms with Crippen LogP contribution in [0.15, 0.2) is 36.5 Å². The van der Waals surface area contributed by atoms with Crippen LogP contribution in [0.5, 0.6) is 0 Å². The van der Waals surface area contributed by atoms with Gasteiger partial charge in [-0.05, 0) is 30.7 Å². The molecule has 5 heteroatoms. The maximum Gasteiger partial charge on any atom is 0.151 e. The second-order valence-electron chi connectivity index (χ2n) is 4.00. The van der Waals surface area contributed by atoms with Crippen LogP contribution in [0, 0.1) is 5.82 Å². The third-order valence-electron chi connectivity index (χ3n) is 2.78. The Morgan fingerprint density at radius 1 is 1.37 bits per heavy atom. The first-order chi connectivity index (χ1) is 9.17. The molecule has 0 fully saturated rings. The summed E-state index contributed by atoms with van der Waals surface area (Å²) in [5.74, 6) is 0.153. The van der Waals surface area contributed by atoms with Gasteiger partial charge in [0.2, 0.25) is 0 Å². The van der Waals surface area contributed by atoms with Crippen molar-refractivity contribution < 1.29 is 9.50 Å². The molecule has 1 heterocycles. The second-order valence-corrected chi connectivity index (χ2v) is 4.41. The lowest BCUT2D eigenvalue weighted by Crippen LogP contribution is -2.19. The van der Waals surface area contributed by atoms with Gasteiger partial charge in [0.1, 0.15) is 5.82 Å². The van der Waals surface area contributed by atoms with Crippen molar-refractivity contribution in [3.05, 3.63) is 52.9 Å². The van der Waals surface area contributed by atoms with Gasteiger partial charge in [0.15, 0.2) is 5.82 Å². The minimum absolute atomic E-state index is 0.126. The summed E-state index contributed by atoms with van der Waals surface area (Å²) in [7, 11) is 0. The lowest BCUT2D eigenvalue weighted by Gasteiger charge is -2.23. The molecular formula is C14H14ClFN2O. The van der Waals surface area contributed by atoms with Crippen LogP contribution in [0.25, 0.3) is 0 Å². The zero-order valence-corrected chi connectivity index (χ0v) is 11.2. The molecule has 2 rings (SSSR count). The fourth-order valence-electron chi connectivity index (χ4n) is 1.86. The van der Waals surface area contributed by atoms with E-state index in [0.717, 1.165) is 0 Å². The van der Waals surface area contributed by atoms with Crippen LogP contribution in [0.3, 0.4) is 0 Å². The van der Waals surface area contributed by atoms with E-state index >= 15 is 0 Å². The van der Waals surface area contributed by atoms with E-state index in [1.807, 2.05) is 6.92 Å². The van der Waals surface area contributed by atoms with Crippen molar-refractivity contribution in [1.29, 1.82) is 0 Å². The number of halogens is 2. The van der Waals surface area contributed by atoms with E-state index in [-0.39, 0.29) is 12.4 Å². The van der Waals surface area contributed by atoms with Gasteiger partial charge in [0.05, 0.1) is 17.3 Å². The Morgan fingerprint density at radius 2 is 2.11 bits per heavy atom. The largest absolute Gasteiger partial charge is 0.392 e. The summed E-state index contributed by atoms with van der Waals surface area (Å²) in [4.78, 5) is 5.90. The van der Waals surface area contributed by atoms with E-state index < -0.39 is 0 Å². The summed E-state index contributed by atoms with van der Waals surface area (Å²) in [6.45, 7) is 2.30. The number of aliphatic hydroxyl groups is 1. The number of aromatic nitrogens is 1. The minimum atomic E-state index is -0.326. The average molecular weight is 281 g/mol. The number of hydrogen-bond acceptors (Lipinski definition) is 3. The normalized spacial score (nSPS) is 10.5. The van der Waals surface area contributed by atoms with Gasteiger partial charge < -0.3 is 10.0 Å². The molecule has 19 heavy (non-hydrogen) atoms. The lowest BCUT2D eigenvalue weighted by molar-refractivity contribution is 0.281. The number of anilines is 2. The lowest BCUT2D eigenvalue weighted by atomic mass is 10.2. The standard InChI is InChI=1S/C14H14ClFN2O/c1-2-18(13-6-4-3-5-12(13)16)14-11(15)7-10(9-19)8-17-14/h3-8,19H,2,9H2,1H3. The van der Waals surface area contributed by atoms with Gasteiger partial charge >= 0.3 is 0 Å². The van der Waals surface area contributed by atoms with E-state index in [1.165, 1.54) is 12.3 Å². The zero-order chi connectivity index (χ0) is 13.8. The molecule has 3 nitrogen and oxygen atoms in total. The smallest absolute Gasteiger partial charge is 0.151 e. The second kappa shape index (κ2) is 5.99. The van der Waals surface area contributed by atoms with Crippen molar-refractivity contribution >= 4 is 23.1 Å². The third kappa shape index (κ3) is 2.85. The first-order valence-corrected chi connectivity index (χ1v) is 6.32. The van der Waals surface area contributed by atoms with Crippen LogP contribution < -0.4 is 4.90 Å². The summed E-state index contributed by atoms with van der Waals surface area (Å²) in [6, 6.07) is 8.10. The molecule has 0 amide bonds. The molecule has 1 aromatic carbocycles. The van der Waals surface area contributed by atoms with Crippen molar-refractivity contribution in [3.8, 4) is 0 Å². The van der Waals surface area contributed by atoms with Crippen LogP contribution in [-0.4, -0.2) is 16.6 Å². The first-order valence-electron chi connectivity index (χ1n) is 5.94. The monoisotopic (exact) mass is 280 g/mol. The molecule has 0 aliphatic carbocycles. The predicted octanol–water partition coefficient (Wildman–Crippen LogP) is 3.52. The number of pyridine rings is 1. The van der Waals surface area contributed by atoms with Crippen LogP contribution in [0.1, 0.15) is 12.5 Å². The highest BCUT2D eigenvalue weighted by Gasteiger charge is 2.16. The molecule has 0 aliphatic heterocycles.